The van der Waals surface area contributed by atoms with Crippen LogP contribution >= 0.6 is 15.9 Å². The lowest BCUT2D eigenvalue weighted by Gasteiger charge is -2.17. The second-order valence-electron chi connectivity index (χ2n) is 5.06. The average Bonchev–Trinajstić information content (AvgIpc) is 2.79. The molecule has 1 aromatic carbocycles. The van der Waals surface area contributed by atoms with Gasteiger partial charge in [-0.1, -0.05) is 15.9 Å². The zero-order chi connectivity index (χ0) is 14.9. The van der Waals surface area contributed by atoms with E-state index in [-0.39, 0.29) is 6.54 Å². The maximum absolute atomic E-state index is 12.0. The Kier molecular flexibility index (Phi) is 4.45. The smallest absolute Gasteiger partial charge is 0.313 e. The van der Waals surface area contributed by atoms with Crippen molar-refractivity contribution in [1.82, 2.24) is 4.90 Å². The molecule has 1 fully saturated rings. The highest BCUT2D eigenvalue weighted by Gasteiger charge is 2.29. The third-order valence-electron chi connectivity index (χ3n) is 3.38. The lowest BCUT2D eigenvalue weighted by Crippen LogP contribution is -2.38. The SMILES string of the molecule is Cc1cc(Br)cc(C)c1NC(=O)C(=O)N1CC[C@@H](O)C1. The van der Waals surface area contributed by atoms with E-state index in [9.17, 15) is 14.7 Å². The summed E-state index contributed by atoms with van der Waals surface area (Å²) < 4.78 is 0.930. The van der Waals surface area contributed by atoms with Crippen LogP contribution < -0.4 is 5.32 Å². The summed E-state index contributed by atoms with van der Waals surface area (Å²) in [5.74, 6) is -1.25. The maximum atomic E-state index is 12.0. The standard InChI is InChI=1S/C14H17BrN2O3/c1-8-5-10(15)6-9(2)12(8)16-13(19)14(20)17-4-3-11(18)7-17/h5-6,11,18H,3-4,7H2,1-2H3,(H,16,19)/t11-/m1/s1. The highest BCUT2D eigenvalue weighted by atomic mass is 79.9. The molecule has 0 aliphatic carbocycles. The number of carbonyl (C=O) groups excluding carboxylic acids is 2. The summed E-state index contributed by atoms with van der Waals surface area (Å²) in [7, 11) is 0. The number of anilines is 1. The molecule has 108 valence electrons. The first-order valence-electron chi connectivity index (χ1n) is 6.43. The molecule has 1 aliphatic rings. The van der Waals surface area contributed by atoms with Gasteiger partial charge in [-0.2, -0.15) is 0 Å². The molecular formula is C14H17BrN2O3. The van der Waals surface area contributed by atoms with E-state index in [1.807, 2.05) is 26.0 Å². The lowest BCUT2D eigenvalue weighted by molar-refractivity contribution is -0.142. The third-order valence-corrected chi connectivity index (χ3v) is 3.84. The fraction of sp³-hybridized carbons (Fsp3) is 0.429. The zero-order valence-corrected chi connectivity index (χ0v) is 13.0. The molecule has 20 heavy (non-hydrogen) atoms. The van der Waals surface area contributed by atoms with Crippen molar-refractivity contribution in [3.05, 3.63) is 27.7 Å². The van der Waals surface area contributed by atoms with Gasteiger partial charge in [0.25, 0.3) is 0 Å². The van der Waals surface area contributed by atoms with E-state index < -0.39 is 17.9 Å². The molecule has 1 aromatic rings. The first kappa shape index (κ1) is 15.0. The summed E-state index contributed by atoms with van der Waals surface area (Å²) in [5, 5.41) is 12.1. The van der Waals surface area contributed by atoms with Crippen LogP contribution in [-0.4, -0.2) is 41.0 Å². The Morgan fingerprint density at radius 1 is 1.35 bits per heavy atom. The van der Waals surface area contributed by atoms with Gasteiger partial charge in [0.2, 0.25) is 0 Å². The normalized spacial score (nSPS) is 18.2. The van der Waals surface area contributed by atoms with Crippen molar-refractivity contribution >= 4 is 33.4 Å². The van der Waals surface area contributed by atoms with Crippen molar-refractivity contribution in [2.75, 3.05) is 18.4 Å². The van der Waals surface area contributed by atoms with E-state index in [0.29, 0.717) is 18.7 Å². The predicted molar refractivity (Wildman–Crippen MR) is 79.4 cm³/mol. The largest absolute Gasteiger partial charge is 0.391 e. The Morgan fingerprint density at radius 3 is 2.45 bits per heavy atom. The van der Waals surface area contributed by atoms with E-state index in [4.69, 9.17) is 0 Å². The van der Waals surface area contributed by atoms with Crippen LogP contribution in [0.3, 0.4) is 0 Å². The number of halogens is 1. The lowest BCUT2D eigenvalue weighted by atomic mass is 10.1. The number of carbonyl (C=O) groups is 2. The number of aryl methyl sites for hydroxylation is 2. The summed E-state index contributed by atoms with van der Waals surface area (Å²) in [6, 6.07) is 3.76. The Balaban J connectivity index is 2.10. The molecule has 1 heterocycles. The molecule has 1 saturated heterocycles. The van der Waals surface area contributed by atoms with Crippen LogP contribution in [-0.2, 0) is 9.59 Å². The number of hydrogen-bond acceptors (Lipinski definition) is 3. The second kappa shape index (κ2) is 5.93. The monoisotopic (exact) mass is 340 g/mol. The quantitative estimate of drug-likeness (QED) is 0.763. The Bertz CT molecular complexity index is 536. The molecule has 2 amide bonds. The molecule has 0 spiro atoms. The average molecular weight is 341 g/mol. The zero-order valence-electron chi connectivity index (χ0n) is 11.4. The molecule has 0 bridgehead atoms. The number of benzene rings is 1. The van der Waals surface area contributed by atoms with Gasteiger partial charge in [-0.15, -0.1) is 0 Å². The molecule has 1 aliphatic heterocycles. The van der Waals surface area contributed by atoms with Gasteiger partial charge in [-0.3, -0.25) is 9.59 Å². The van der Waals surface area contributed by atoms with E-state index in [1.54, 1.807) is 0 Å². The second-order valence-corrected chi connectivity index (χ2v) is 5.98. The van der Waals surface area contributed by atoms with E-state index >= 15 is 0 Å². The van der Waals surface area contributed by atoms with Gasteiger partial charge >= 0.3 is 11.8 Å². The van der Waals surface area contributed by atoms with Gasteiger partial charge in [0.15, 0.2) is 0 Å². The van der Waals surface area contributed by atoms with Gasteiger partial charge in [0.1, 0.15) is 0 Å². The molecule has 0 saturated carbocycles. The van der Waals surface area contributed by atoms with Crippen LogP contribution in [0.1, 0.15) is 17.5 Å². The van der Waals surface area contributed by atoms with Gasteiger partial charge in [0, 0.05) is 23.2 Å². The van der Waals surface area contributed by atoms with Crippen molar-refractivity contribution in [2.45, 2.75) is 26.4 Å². The van der Waals surface area contributed by atoms with Crippen LogP contribution in [0.25, 0.3) is 0 Å². The molecular weight excluding hydrogens is 324 g/mol. The molecule has 5 nitrogen and oxygen atoms in total. The van der Waals surface area contributed by atoms with Crippen molar-refractivity contribution in [2.24, 2.45) is 0 Å². The molecule has 1 atom stereocenters. The molecule has 2 rings (SSSR count). The Labute approximate surface area is 126 Å². The van der Waals surface area contributed by atoms with Crippen molar-refractivity contribution in [3.8, 4) is 0 Å². The topological polar surface area (TPSA) is 69.6 Å². The van der Waals surface area contributed by atoms with Gasteiger partial charge in [0.05, 0.1) is 6.10 Å². The van der Waals surface area contributed by atoms with E-state index in [0.717, 1.165) is 15.6 Å². The molecule has 2 N–H and O–H groups in total. The van der Waals surface area contributed by atoms with Crippen molar-refractivity contribution in [1.29, 1.82) is 0 Å². The molecule has 0 unspecified atom stereocenters. The van der Waals surface area contributed by atoms with Crippen molar-refractivity contribution < 1.29 is 14.7 Å². The number of aliphatic hydroxyl groups excluding tert-OH is 1. The number of hydrogen-bond donors (Lipinski definition) is 2. The van der Waals surface area contributed by atoms with E-state index in [2.05, 4.69) is 21.2 Å². The summed E-state index contributed by atoms with van der Waals surface area (Å²) in [6.07, 6.45) is -0.00192. The van der Waals surface area contributed by atoms with Crippen LogP contribution in [0, 0.1) is 13.8 Å². The Hall–Kier alpha value is -1.40. The summed E-state index contributed by atoms with van der Waals surface area (Å²) in [6.45, 7) is 4.39. The minimum absolute atomic E-state index is 0.227. The molecule has 6 heteroatoms. The number of likely N-dealkylation sites (tertiary alicyclic amines) is 1. The fourth-order valence-electron chi connectivity index (χ4n) is 2.34. The molecule has 0 radical (unpaired) electrons. The number of nitrogens with one attached hydrogen (secondary N) is 1. The van der Waals surface area contributed by atoms with Gasteiger partial charge < -0.3 is 15.3 Å². The van der Waals surface area contributed by atoms with Gasteiger partial charge in [-0.05, 0) is 43.5 Å². The first-order valence-corrected chi connectivity index (χ1v) is 7.23. The van der Waals surface area contributed by atoms with Crippen LogP contribution in [0.15, 0.2) is 16.6 Å². The number of nitrogens with zero attached hydrogens (tertiary/aromatic N) is 1. The number of aliphatic hydroxyl groups is 1. The third kappa shape index (κ3) is 3.19. The van der Waals surface area contributed by atoms with Gasteiger partial charge in [-0.25, -0.2) is 0 Å². The maximum Gasteiger partial charge on any atom is 0.313 e. The molecule has 0 aromatic heterocycles. The van der Waals surface area contributed by atoms with E-state index in [1.165, 1.54) is 4.90 Å². The minimum atomic E-state index is -0.660. The van der Waals surface area contributed by atoms with Crippen LogP contribution in [0.4, 0.5) is 5.69 Å². The summed E-state index contributed by atoms with van der Waals surface area (Å²) in [4.78, 5) is 25.4. The number of amides is 2. The number of rotatable bonds is 1. The summed E-state index contributed by atoms with van der Waals surface area (Å²) >= 11 is 3.39. The number of β-amino-alcohol motifs (C(OH)–C–C–N with tert-alkyl or cyclic N) is 1. The van der Waals surface area contributed by atoms with Crippen LogP contribution in [0.5, 0.6) is 0 Å². The fourth-order valence-corrected chi connectivity index (χ4v) is 3.03. The minimum Gasteiger partial charge on any atom is -0.391 e. The highest BCUT2D eigenvalue weighted by molar-refractivity contribution is 9.10. The Morgan fingerprint density at radius 2 is 1.95 bits per heavy atom. The van der Waals surface area contributed by atoms with Crippen LogP contribution in [0.2, 0.25) is 0 Å². The van der Waals surface area contributed by atoms with Crippen molar-refractivity contribution in [3.63, 3.8) is 0 Å². The predicted octanol–water partition coefficient (Wildman–Crippen LogP) is 1.60. The highest BCUT2D eigenvalue weighted by Crippen LogP contribution is 2.25. The summed E-state index contributed by atoms with van der Waals surface area (Å²) in [5.41, 5.74) is 2.44. The first-order chi connectivity index (χ1) is 9.38.